The summed E-state index contributed by atoms with van der Waals surface area (Å²) in [6.45, 7) is 6.02. The number of halogens is 1. The SMILES string of the molecule is Cc1cc(C)c([C@@H]2[C@@H](C(=O)c3ccccc3)N3C=Cc4ccccc4[C@@H]3C2(C#N)C#N)c(C)c1CCl. The molecule has 0 aromatic heterocycles. The quantitative estimate of drug-likeness (QED) is 0.298. The van der Waals surface area contributed by atoms with Crippen LogP contribution in [0.2, 0.25) is 0 Å². The second kappa shape index (κ2) is 8.98. The van der Waals surface area contributed by atoms with Crippen LogP contribution in [0.4, 0.5) is 0 Å². The Hall–Kier alpha value is -3.86. The molecule has 4 nitrogen and oxygen atoms in total. The van der Waals surface area contributed by atoms with Gasteiger partial charge in [0, 0.05) is 23.6 Å². The van der Waals surface area contributed by atoms with Crippen LogP contribution in [-0.4, -0.2) is 16.7 Å². The van der Waals surface area contributed by atoms with Gasteiger partial charge in [0.25, 0.3) is 0 Å². The van der Waals surface area contributed by atoms with E-state index in [9.17, 15) is 15.3 Å². The van der Waals surface area contributed by atoms with Gasteiger partial charge in [0.15, 0.2) is 11.2 Å². The van der Waals surface area contributed by atoms with Gasteiger partial charge in [-0.25, -0.2) is 0 Å². The topological polar surface area (TPSA) is 67.9 Å². The third kappa shape index (κ3) is 3.29. The molecule has 0 N–H and O–H groups in total. The summed E-state index contributed by atoms with van der Waals surface area (Å²) in [5.41, 5.74) is 5.73. The fraction of sp³-hybridized carbons (Fsp3) is 0.258. The van der Waals surface area contributed by atoms with Crippen LogP contribution in [0.15, 0.2) is 66.9 Å². The molecular formula is C31H26ClN3O. The number of Topliss-reactive ketones (excluding diaryl/α,β-unsaturated/α-hetero) is 1. The maximum absolute atomic E-state index is 14.2. The minimum absolute atomic E-state index is 0.103. The van der Waals surface area contributed by atoms with Gasteiger partial charge in [-0.05, 0) is 65.8 Å². The Morgan fingerprint density at radius 1 is 1.00 bits per heavy atom. The van der Waals surface area contributed by atoms with Crippen molar-refractivity contribution in [1.82, 2.24) is 4.90 Å². The minimum atomic E-state index is -1.50. The number of aryl methyl sites for hydroxylation is 2. The van der Waals surface area contributed by atoms with E-state index in [-0.39, 0.29) is 5.78 Å². The first kappa shape index (κ1) is 23.9. The van der Waals surface area contributed by atoms with Crippen LogP contribution in [-0.2, 0) is 5.88 Å². The molecule has 0 unspecified atom stereocenters. The normalized spacial score (nSPS) is 21.3. The second-order valence-corrected chi connectivity index (χ2v) is 9.97. The number of rotatable bonds is 4. The van der Waals surface area contributed by atoms with Crippen molar-refractivity contribution in [3.63, 3.8) is 0 Å². The summed E-state index contributed by atoms with van der Waals surface area (Å²) >= 11 is 6.37. The zero-order valence-corrected chi connectivity index (χ0v) is 21.3. The van der Waals surface area contributed by atoms with Crippen LogP contribution < -0.4 is 0 Å². The van der Waals surface area contributed by atoms with E-state index in [1.807, 2.05) is 80.4 Å². The number of nitriles is 2. The molecule has 178 valence electrons. The van der Waals surface area contributed by atoms with Crippen LogP contribution in [0.5, 0.6) is 0 Å². The molecule has 0 aliphatic carbocycles. The van der Waals surface area contributed by atoms with Gasteiger partial charge < -0.3 is 4.90 Å². The Labute approximate surface area is 217 Å². The molecule has 3 atom stereocenters. The molecule has 0 spiro atoms. The molecule has 36 heavy (non-hydrogen) atoms. The van der Waals surface area contributed by atoms with Gasteiger partial charge in [-0.15, -0.1) is 11.6 Å². The highest BCUT2D eigenvalue weighted by Crippen LogP contribution is 2.61. The average Bonchev–Trinajstić information content (AvgIpc) is 3.19. The maximum Gasteiger partial charge on any atom is 0.185 e. The highest BCUT2D eigenvalue weighted by atomic mass is 35.5. The number of carbonyl (C=O) groups excluding carboxylic acids is 1. The largest absolute Gasteiger partial charge is 0.357 e. The van der Waals surface area contributed by atoms with Gasteiger partial charge >= 0.3 is 0 Å². The molecule has 0 radical (unpaired) electrons. The third-order valence-corrected chi connectivity index (χ3v) is 8.17. The van der Waals surface area contributed by atoms with Gasteiger partial charge in [-0.2, -0.15) is 10.5 Å². The van der Waals surface area contributed by atoms with Gasteiger partial charge in [-0.1, -0.05) is 60.7 Å². The van der Waals surface area contributed by atoms with E-state index < -0.39 is 23.4 Å². The third-order valence-electron chi connectivity index (χ3n) is 7.91. The summed E-state index contributed by atoms with van der Waals surface area (Å²) in [5.74, 6) is -0.464. The van der Waals surface area contributed by atoms with Crippen LogP contribution >= 0.6 is 11.6 Å². The monoisotopic (exact) mass is 491 g/mol. The van der Waals surface area contributed by atoms with E-state index in [1.54, 1.807) is 12.1 Å². The summed E-state index contributed by atoms with van der Waals surface area (Å²) in [7, 11) is 0. The van der Waals surface area contributed by atoms with E-state index in [2.05, 4.69) is 18.2 Å². The Bertz CT molecular complexity index is 1460. The molecule has 3 aromatic carbocycles. The predicted octanol–water partition coefficient (Wildman–Crippen LogP) is 6.76. The Kier molecular flexibility index (Phi) is 5.95. The van der Waals surface area contributed by atoms with E-state index in [0.717, 1.165) is 38.9 Å². The van der Waals surface area contributed by atoms with Gasteiger partial charge in [0.2, 0.25) is 0 Å². The fourth-order valence-corrected chi connectivity index (χ4v) is 6.72. The number of hydrogen-bond acceptors (Lipinski definition) is 4. The lowest BCUT2D eigenvalue weighted by atomic mass is 9.65. The van der Waals surface area contributed by atoms with Crippen molar-refractivity contribution in [3.8, 4) is 12.1 Å². The van der Waals surface area contributed by atoms with Crippen LogP contribution in [0, 0.1) is 48.8 Å². The Morgan fingerprint density at radius 3 is 2.33 bits per heavy atom. The molecule has 2 heterocycles. The number of hydrogen-bond donors (Lipinski definition) is 0. The van der Waals surface area contributed by atoms with E-state index in [0.29, 0.717) is 11.4 Å². The first-order chi connectivity index (χ1) is 17.4. The molecule has 0 saturated carbocycles. The highest BCUT2D eigenvalue weighted by molar-refractivity contribution is 6.17. The molecule has 5 heteroatoms. The maximum atomic E-state index is 14.2. The molecule has 3 aromatic rings. The molecule has 1 saturated heterocycles. The van der Waals surface area contributed by atoms with Crippen molar-refractivity contribution in [3.05, 3.63) is 111 Å². The zero-order valence-electron chi connectivity index (χ0n) is 20.5. The van der Waals surface area contributed by atoms with Crippen molar-refractivity contribution < 1.29 is 4.79 Å². The number of carbonyl (C=O) groups is 1. The molecule has 2 aliphatic heterocycles. The number of ketones is 1. The summed E-state index contributed by atoms with van der Waals surface area (Å²) in [5, 5.41) is 21.6. The average molecular weight is 492 g/mol. The van der Waals surface area contributed by atoms with Crippen molar-refractivity contribution >= 4 is 23.5 Å². The predicted molar refractivity (Wildman–Crippen MR) is 141 cm³/mol. The Morgan fingerprint density at radius 2 is 1.67 bits per heavy atom. The molecule has 0 bridgehead atoms. The summed E-state index contributed by atoms with van der Waals surface area (Å²) in [4.78, 5) is 16.2. The van der Waals surface area contributed by atoms with Gasteiger partial charge in [-0.3, -0.25) is 4.79 Å². The first-order valence-electron chi connectivity index (χ1n) is 12.0. The molecule has 1 fully saturated rings. The summed E-state index contributed by atoms with van der Waals surface area (Å²) in [6, 6.07) is 22.6. The second-order valence-electron chi connectivity index (χ2n) is 9.70. The van der Waals surface area contributed by atoms with Crippen LogP contribution in [0.3, 0.4) is 0 Å². The van der Waals surface area contributed by atoms with Gasteiger partial charge in [0.05, 0.1) is 18.2 Å². The van der Waals surface area contributed by atoms with Crippen LogP contribution in [0.25, 0.3) is 6.08 Å². The molecular weight excluding hydrogens is 466 g/mol. The number of alkyl halides is 1. The lowest BCUT2D eigenvalue weighted by Crippen LogP contribution is -2.38. The standard InChI is InChI=1S/C31H26ClN3O/c1-19-15-20(2)26(21(3)25(19)16-32)27-28(29(36)23-10-5-4-6-11-23)35-14-13-22-9-7-8-12-24(22)30(35)31(27,17-33)18-34/h4-15,27-28,30H,16H2,1-3H3/t27-,28+,30-/m1/s1. The first-order valence-corrected chi connectivity index (χ1v) is 12.5. The van der Waals surface area contributed by atoms with Crippen molar-refractivity contribution in [2.24, 2.45) is 5.41 Å². The lowest BCUT2D eigenvalue weighted by Gasteiger charge is -2.34. The van der Waals surface area contributed by atoms with Crippen molar-refractivity contribution in [2.45, 2.75) is 44.7 Å². The van der Waals surface area contributed by atoms with Gasteiger partial charge in [0.1, 0.15) is 6.04 Å². The lowest BCUT2D eigenvalue weighted by molar-refractivity contribution is 0.0874. The van der Waals surface area contributed by atoms with E-state index in [1.165, 1.54) is 0 Å². The number of nitrogens with zero attached hydrogens (tertiary/aromatic N) is 3. The van der Waals surface area contributed by atoms with E-state index in [4.69, 9.17) is 11.6 Å². The molecule has 2 aliphatic rings. The summed E-state index contributed by atoms with van der Waals surface area (Å²) in [6.07, 6.45) is 3.86. The van der Waals surface area contributed by atoms with Crippen LogP contribution in [0.1, 0.15) is 61.3 Å². The number of benzene rings is 3. The smallest absolute Gasteiger partial charge is 0.185 e. The number of fused-ring (bicyclic) bond motifs is 3. The molecule has 0 amide bonds. The van der Waals surface area contributed by atoms with E-state index >= 15 is 0 Å². The minimum Gasteiger partial charge on any atom is -0.357 e. The zero-order chi connectivity index (χ0) is 25.6. The molecule has 5 rings (SSSR count). The Balaban J connectivity index is 1.85. The summed E-state index contributed by atoms with van der Waals surface area (Å²) < 4.78 is 0. The highest BCUT2D eigenvalue weighted by Gasteiger charge is 2.64. The fourth-order valence-electron chi connectivity index (χ4n) is 6.31. The van der Waals surface area contributed by atoms with Crippen molar-refractivity contribution in [1.29, 1.82) is 10.5 Å². The van der Waals surface area contributed by atoms with Crippen molar-refractivity contribution in [2.75, 3.05) is 0 Å².